The summed E-state index contributed by atoms with van der Waals surface area (Å²) in [6, 6.07) is 1.40. The molecule has 3 aromatic heterocycles. The number of hydrogen-bond acceptors (Lipinski definition) is 6. The van der Waals surface area contributed by atoms with Gasteiger partial charge in [0.2, 0.25) is 0 Å². The Bertz CT molecular complexity index is 761. The van der Waals surface area contributed by atoms with Crippen LogP contribution in [0, 0.1) is 0 Å². The molecule has 19 heavy (non-hydrogen) atoms. The first kappa shape index (κ1) is 11.2. The molecule has 0 saturated heterocycles. The van der Waals surface area contributed by atoms with Crippen LogP contribution in [0.3, 0.4) is 0 Å². The number of aromatic nitrogens is 4. The van der Waals surface area contributed by atoms with E-state index >= 15 is 0 Å². The number of anilines is 1. The van der Waals surface area contributed by atoms with Crippen LogP contribution in [0.1, 0.15) is 16.1 Å². The van der Waals surface area contributed by atoms with Gasteiger partial charge in [-0.25, -0.2) is 19.7 Å². The standard InChI is InChI=1S/C11H9N5O3/c12-9-8-10(14-4-13-9)16(5-15-8)3-7-6(11(17)18)1-2-19-7/h1-2,4-5H,3H2,(H,17,18)(H2,12,13,14). The minimum absolute atomic E-state index is 0.115. The number of carboxylic acid groups (broad SMARTS) is 1. The van der Waals surface area contributed by atoms with E-state index in [0.29, 0.717) is 16.9 Å². The van der Waals surface area contributed by atoms with Crippen LogP contribution in [0.4, 0.5) is 5.82 Å². The lowest BCUT2D eigenvalue weighted by Crippen LogP contribution is -2.04. The maximum Gasteiger partial charge on any atom is 0.339 e. The number of nitrogens with zero attached hydrogens (tertiary/aromatic N) is 4. The summed E-state index contributed by atoms with van der Waals surface area (Å²) >= 11 is 0. The topological polar surface area (TPSA) is 120 Å². The SMILES string of the molecule is Nc1ncnc2c1ncn2Cc1occc1C(=O)O. The van der Waals surface area contributed by atoms with Crippen LogP contribution >= 0.6 is 0 Å². The molecule has 0 unspecified atom stereocenters. The number of furan rings is 1. The molecule has 0 fully saturated rings. The van der Waals surface area contributed by atoms with E-state index in [0.717, 1.165) is 0 Å². The van der Waals surface area contributed by atoms with Gasteiger partial charge in [-0.2, -0.15) is 0 Å². The van der Waals surface area contributed by atoms with E-state index in [2.05, 4.69) is 15.0 Å². The fourth-order valence-corrected chi connectivity index (χ4v) is 1.82. The number of nitrogens with two attached hydrogens (primary N) is 1. The van der Waals surface area contributed by atoms with E-state index in [9.17, 15) is 4.79 Å². The summed E-state index contributed by atoms with van der Waals surface area (Å²) in [7, 11) is 0. The predicted molar refractivity (Wildman–Crippen MR) is 64.5 cm³/mol. The van der Waals surface area contributed by atoms with Crippen LogP contribution in [0.5, 0.6) is 0 Å². The number of hydrogen-bond donors (Lipinski definition) is 2. The molecule has 0 aliphatic carbocycles. The number of rotatable bonds is 3. The Hall–Kier alpha value is -2.90. The van der Waals surface area contributed by atoms with Crippen molar-refractivity contribution in [3.8, 4) is 0 Å². The zero-order chi connectivity index (χ0) is 13.4. The molecule has 0 amide bonds. The van der Waals surface area contributed by atoms with Gasteiger partial charge in [0.05, 0.1) is 19.1 Å². The predicted octanol–water partition coefficient (Wildman–Crippen LogP) is 0.748. The van der Waals surface area contributed by atoms with Crippen molar-refractivity contribution in [3.05, 3.63) is 36.3 Å². The molecule has 3 aromatic rings. The molecule has 0 radical (unpaired) electrons. The van der Waals surface area contributed by atoms with Gasteiger partial charge in [-0.05, 0) is 6.07 Å². The Morgan fingerprint density at radius 3 is 3.05 bits per heavy atom. The second kappa shape index (κ2) is 4.09. The van der Waals surface area contributed by atoms with Crippen LogP contribution in [0.2, 0.25) is 0 Å². The van der Waals surface area contributed by atoms with Crippen LogP contribution in [-0.2, 0) is 6.54 Å². The van der Waals surface area contributed by atoms with Crippen molar-refractivity contribution in [2.45, 2.75) is 6.54 Å². The zero-order valence-corrected chi connectivity index (χ0v) is 9.65. The first-order valence-electron chi connectivity index (χ1n) is 5.38. The lowest BCUT2D eigenvalue weighted by atomic mass is 10.2. The molecular weight excluding hydrogens is 250 g/mol. The second-order valence-electron chi connectivity index (χ2n) is 3.87. The van der Waals surface area contributed by atoms with Crippen molar-refractivity contribution < 1.29 is 14.3 Å². The van der Waals surface area contributed by atoms with Gasteiger partial charge in [-0.1, -0.05) is 0 Å². The Kier molecular flexibility index (Phi) is 2.41. The van der Waals surface area contributed by atoms with Crippen molar-refractivity contribution in [1.82, 2.24) is 19.5 Å². The smallest absolute Gasteiger partial charge is 0.339 e. The normalized spacial score (nSPS) is 10.9. The van der Waals surface area contributed by atoms with E-state index in [1.54, 1.807) is 4.57 Å². The molecule has 3 rings (SSSR count). The monoisotopic (exact) mass is 259 g/mol. The minimum atomic E-state index is -1.04. The molecule has 0 aliphatic rings. The van der Waals surface area contributed by atoms with Crippen LogP contribution in [-0.4, -0.2) is 30.6 Å². The molecule has 0 saturated carbocycles. The van der Waals surface area contributed by atoms with Crippen molar-refractivity contribution >= 4 is 23.0 Å². The summed E-state index contributed by atoms with van der Waals surface area (Å²) in [5.41, 5.74) is 6.80. The molecule has 0 aliphatic heterocycles. The molecule has 0 bridgehead atoms. The molecule has 3 N–H and O–H groups in total. The number of nitrogen functional groups attached to an aromatic ring is 1. The molecule has 8 heteroatoms. The van der Waals surface area contributed by atoms with Gasteiger partial charge in [-0.15, -0.1) is 0 Å². The van der Waals surface area contributed by atoms with Crippen LogP contribution < -0.4 is 5.73 Å². The van der Waals surface area contributed by atoms with E-state index < -0.39 is 5.97 Å². The molecule has 0 spiro atoms. The number of carbonyl (C=O) groups is 1. The summed E-state index contributed by atoms with van der Waals surface area (Å²) in [6.07, 6.45) is 4.18. The van der Waals surface area contributed by atoms with Crippen LogP contribution in [0.15, 0.2) is 29.4 Å². The van der Waals surface area contributed by atoms with Gasteiger partial charge in [0.15, 0.2) is 11.5 Å². The van der Waals surface area contributed by atoms with Gasteiger partial charge in [0.1, 0.15) is 23.2 Å². The maximum absolute atomic E-state index is 11.0. The third kappa shape index (κ3) is 1.79. The van der Waals surface area contributed by atoms with Gasteiger partial charge >= 0.3 is 5.97 Å². The van der Waals surface area contributed by atoms with Gasteiger partial charge in [-0.3, -0.25) is 0 Å². The molecule has 0 aromatic carbocycles. The number of imidazole rings is 1. The summed E-state index contributed by atoms with van der Waals surface area (Å²) in [5.74, 6) is -0.437. The van der Waals surface area contributed by atoms with E-state index in [4.69, 9.17) is 15.3 Å². The Morgan fingerprint density at radius 2 is 2.26 bits per heavy atom. The fourth-order valence-electron chi connectivity index (χ4n) is 1.82. The third-order valence-corrected chi connectivity index (χ3v) is 2.72. The largest absolute Gasteiger partial charge is 0.478 e. The first-order chi connectivity index (χ1) is 9.16. The van der Waals surface area contributed by atoms with Crippen LogP contribution in [0.25, 0.3) is 11.2 Å². The lowest BCUT2D eigenvalue weighted by molar-refractivity contribution is 0.0694. The van der Waals surface area contributed by atoms with Gasteiger partial charge in [0, 0.05) is 0 Å². The van der Waals surface area contributed by atoms with E-state index in [1.165, 1.54) is 25.0 Å². The Labute approximate surface area is 106 Å². The number of aromatic carboxylic acids is 1. The zero-order valence-electron chi connectivity index (χ0n) is 9.65. The van der Waals surface area contributed by atoms with Gasteiger partial charge in [0.25, 0.3) is 0 Å². The summed E-state index contributed by atoms with van der Waals surface area (Å²) < 4.78 is 6.83. The first-order valence-corrected chi connectivity index (χ1v) is 5.38. The maximum atomic E-state index is 11.0. The highest BCUT2D eigenvalue weighted by Gasteiger charge is 2.15. The summed E-state index contributed by atoms with van der Waals surface area (Å²) in [4.78, 5) is 23.0. The highest BCUT2D eigenvalue weighted by atomic mass is 16.4. The molecule has 96 valence electrons. The third-order valence-electron chi connectivity index (χ3n) is 2.72. The van der Waals surface area contributed by atoms with E-state index in [1.807, 2.05) is 0 Å². The average molecular weight is 259 g/mol. The number of carboxylic acids is 1. The van der Waals surface area contributed by atoms with Crippen molar-refractivity contribution in [2.24, 2.45) is 0 Å². The molecule has 8 nitrogen and oxygen atoms in total. The average Bonchev–Trinajstić information content (AvgIpc) is 2.98. The fraction of sp³-hybridized carbons (Fsp3) is 0.0909. The highest BCUT2D eigenvalue weighted by molar-refractivity contribution is 5.88. The Morgan fingerprint density at radius 1 is 1.42 bits per heavy atom. The second-order valence-corrected chi connectivity index (χ2v) is 3.87. The lowest BCUT2D eigenvalue weighted by Gasteiger charge is -2.02. The van der Waals surface area contributed by atoms with Crippen molar-refractivity contribution in [3.63, 3.8) is 0 Å². The Balaban J connectivity index is 2.04. The quantitative estimate of drug-likeness (QED) is 0.711. The van der Waals surface area contributed by atoms with Gasteiger partial charge < -0.3 is 19.8 Å². The van der Waals surface area contributed by atoms with Crippen molar-refractivity contribution in [2.75, 3.05) is 5.73 Å². The summed E-state index contributed by atoms with van der Waals surface area (Å²) in [5, 5.41) is 9.01. The number of fused-ring (bicyclic) bond motifs is 1. The van der Waals surface area contributed by atoms with Crippen molar-refractivity contribution in [1.29, 1.82) is 0 Å². The molecular formula is C11H9N5O3. The molecule has 0 atom stereocenters. The minimum Gasteiger partial charge on any atom is -0.478 e. The van der Waals surface area contributed by atoms with E-state index in [-0.39, 0.29) is 17.9 Å². The highest BCUT2D eigenvalue weighted by Crippen LogP contribution is 2.18. The molecule has 3 heterocycles. The summed E-state index contributed by atoms with van der Waals surface area (Å²) in [6.45, 7) is 0.210.